The predicted molar refractivity (Wildman–Crippen MR) is 166 cm³/mol. The Morgan fingerprint density at radius 2 is 1.70 bits per heavy atom. The summed E-state index contributed by atoms with van der Waals surface area (Å²) in [6.45, 7) is 3.30. The monoisotopic (exact) mass is 589 g/mol. The minimum Gasteiger partial charge on any atom is -0.497 e. The molecular formula is C34H27N3O5S. The molecule has 2 aromatic heterocycles. The van der Waals surface area contributed by atoms with E-state index in [1.165, 1.54) is 18.3 Å². The van der Waals surface area contributed by atoms with Crippen LogP contribution >= 0.6 is 11.3 Å². The Balaban J connectivity index is 1.42. The van der Waals surface area contributed by atoms with Crippen LogP contribution in [-0.2, 0) is 4.79 Å². The number of anilines is 1. The minimum absolute atomic E-state index is 0.00839. The van der Waals surface area contributed by atoms with Gasteiger partial charge in [0.15, 0.2) is 10.6 Å². The van der Waals surface area contributed by atoms with Crippen molar-refractivity contribution in [1.29, 1.82) is 0 Å². The number of ether oxygens (including phenoxy) is 1. The molecular weight excluding hydrogens is 562 g/mol. The van der Waals surface area contributed by atoms with Gasteiger partial charge in [-0.05, 0) is 55.8 Å². The normalized spacial score (nSPS) is 14.7. The molecule has 0 radical (unpaired) electrons. The van der Waals surface area contributed by atoms with Crippen molar-refractivity contribution < 1.29 is 18.7 Å². The lowest BCUT2D eigenvalue weighted by atomic mass is 9.95. The summed E-state index contributed by atoms with van der Waals surface area (Å²) in [7, 11) is 1.59. The van der Waals surface area contributed by atoms with Gasteiger partial charge < -0.3 is 14.5 Å². The zero-order chi connectivity index (χ0) is 30.1. The number of allylic oxidation sites excluding steroid dienone is 1. The largest absolute Gasteiger partial charge is 0.497 e. The van der Waals surface area contributed by atoms with Crippen molar-refractivity contribution >= 4 is 34.8 Å². The van der Waals surface area contributed by atoms with E-state index in [-0.39, 0.29) is 17.2 Å². The van der Waals surface area contributed by atoms with E-state index in [1.54, 1.807) is 67.1 Å². The lowest BCUT2D eigenvalue weighted by Gasteiger charge is -2.25. The molecule has 0 aliphatic carbocycles. The van der Waals surface area contributed by atoms with Crippen LogP contribution < -0.4 is 24.9 Å². The molecule has 3 heterocycles. The number of amides is 1. The highest BCUT2D eigenvalue weighted by molar-refractivity contribution is 7.07. The van der Waals surface area contributed by atoms with E-state index in [0.717, 1.165) is 11.1 Å². The van der Waals surface area contributed by atoms with E-state index in [0.29, 0.717) is 49.1 Å². The molecule has 1 N–H and O–H groups in total. The number of carbonyl (C=O) groups is 2. The SMILES string of the molecule is COc1ccc([C@H]2C(C(=O)Nc3ccccc3)=C(C)N=c3s/c(=C/c4ccc(-c5ccc(C(C)=O)cc5)o4)c(=O)n32)cc1. The summed E-state index contributed by atoms with van der Waals surface area (Å²) in [5, 5.41) is 2.95. The van der Waals surface area contributed by atoms with Gasteiger partial charge in [0.2, 0.25) is 0 Å². The Labute approximate surface area is 250 Å². The van der Waals surface area contributed by atoms with E-state index >= 15 is 0 Å². The van der Waals surface area contributed by atoms with Crippen LogP contribution in [0.1, 0.15) is 41.6 Å². The van der Waals surface area contributed by atoms with E-state index in [9.17, 15) is 14.4 Å². The first-order valence-electron chi connectivity index (χ1n) is 13.6. The molecule has 1 aliphatic heterocycles. The summed E-state index contributed by atoms with van der Waals surface area (Å²) in [4.78, 5) is 44.5. The maximum Gasteiger partial charge on any atom is 0.271 e. The number of hydrogen-bond acceptors (Lipinski definition) is 7. The zero-order valence-electron chi connectivity index (χ0n) is 23.7. The fourth-order valence-electron chi connectivity index (χ4n) is 5.02. The molecule has 0 spiro atoms. The third-order valence-electron chi connectivity index (χ3n) is 7.21. The number of para-hydroxylation sites is 1. The fourth-order valence-corrected chi connectivity index (χ4v) is 6.04. The topological polar surface area (TPSA) is 103 Å². The van der Waals surface area contributed by atoms with E-state index in [4.69, 9.17) is 14.1 Å². The molecule has 1 amide bonds. The van der Waals surface area contributed by atoms with Crippen LogP contribution in [0.5, 0.6) is 5.75 Å². The molecule has 5 aromatic rings. The summed E-state index contributed by atoms with van der Waals surface area (Å²) in [6, 6.07) is 26.5. The molecule has 9 heteroatoms. The number of methoxy groups -OCH3 is 1. The molecule has 0 fully saturated rings. The van der Waals surface area contributed by atoms with E-state index in [2.05, 4.69) is 5.32 Å². The Hall–Kier alpha value is -5.28. The second-order valence-electron chi connectivity index (χ2n) is 10.0. The van der Waals surface area contributed by atoms with Crippen molar-refractivity contribution in [1.82, 2.24) is 4.57 Å². The first-order valence-corrected chi connectivity index (χ1v) is 14.4. The van der Waals surface area contributed by atoms with Crippen molar-refractivity contribution in [3.05, 3.63) is 139 Å². The number of nitrogens with zero attached hydrogens (tertiary/aromatic N) is 2. The third-order valence-corrected chi connectivity index (χ3v) is 8.19. The molecule has 3 aromatic carbocycles. The Morgan fingerprint density at radius 1 is 0.977 bits per heavy atom. The van der Waals surface area contributed by atoms with Crippen LogP contribution in [0.3, 0.4) is 0 Å². The summed E-state index contributed by atoms with van der Waals surface area (Å²) >= 11 is 1.23. The Bertz CT molecular complexity index is 2050. The van der Waals surface area contributed by atoms with Gasteiger partial charge in [0, 0.05) is 22.9 Å². The maximum absolute atomic E-state index is 14.0. The first-order chi connectivity index (χ1) is 20.8. The highest BCUT2D eigenvalue weighted by Gasteiger charge is 2.32. The average molecular weight is 590 g/mol. The van der Waals surface area contributed by atoms with Crippen molar-refractivity contribution in [3.8, 4) is 17.1 Å². The van der Waals surface area contributed by atoms with Crippen LogP contribution in [0.15, 0.2) is 116 Å². The molecule has 43 heavy (non-hydrogen) atoms. The van der Waals surface area contributed by atoms with Gasteiger partial charge in [-0.3, -0.25) is 19.0 Å². The summed E-state index contributed by atoms with van der Waals surface area (Å²) < 4.78 is 13.4. The smallest absolute Gasteiger partial charge is 0.271 e. The number of furan rings is 1. The number of aromatic nitrogens is 1. The minimum atomic E-state index is -0.708. The van der Waals surface area contributed by atoms with Crippen LogP contribution in [-0.4, -0.2) is 23.4 Å². The van der Waals surface area contributed by atoms with Gasteiger partial charge in [-0.2, -0.15) is 0 Å². The average Bonchev–Trinajstić information content (AvgIpc) is 3.61. The van der Waals surface area contributed by atoms with Gasteiger partial charge in [0.05, 0.1) is 29.0 Å². The highest BCUT2D eigenvalue weighted by Crippen LogP contribution is 2.32. The number of nitrogens with one attached hydrogen (secondary N) is 1. The van der Waals surface area contributed by atoms with Crippen molar-refractivity contribution in [3.63, 3.8) is 0 Å². The van der Waals surface area contributed by atoms with Gasteiger partial charge >= 0.3 is 0 Å². The lowest BCUT2D eigenvalue weighted by Crippen LogP contribution is -2.40. The number of thiazole rings is 1. The third kappa shape index (κ3) is 5.50. The highest BCUT2D eigenvalue weighted by atomic mass is 32.1. The fraction of sp³-hybridized carbons (Fsp3) is 0.118. The first kappa shape index (κ1) is 27.9. The molecule has 0 bridgehead atoms. The molecule has 6 rings (SSSR count). The molecule has 214 valence electrons. The van der Waals surface area contributed by atoms with Crippen LogP contribution in [0.4, 0.5) is 5.69 Å². The van der Waals surface area contributed by atoms with Crippen molar-refractivity contribution in [2.45, 2.75) is 19.9 Å². The second kappa shape index (κ2) is 11.5. The maximum atomic E-state index is 14.0. The quantitative estimate of drug-likeness (QED) is 0.258. The lowest BCUT2D eigenvalue weighted by molar-refractivity contribution is -0.113. The molecule has 0 saturated carbocycles. The predicted octanol–water partition coefficient (Wildman–Crippen LogP) is 5.35. The molecule has 0 unspecified atom stereocenters. The number of Topliss-reactive ketones (excluding diaryl/α,β-unsaturated/α-hetero) is 1. The number of hydrogen-bond donors (Lipinski definition) is 1. The number of carbonyl (C=O) groups excluding carboxylic acids is 2. The van der Waals surface area contributed by atoms with Crippen LogP contribution in [0, 0.1) is 0 Å². The number of ketones is 1. The van der Waals surface area contributed by atoms with E-state index < -0.39 is 6.04 Å². The molecule has 1 aliphatic rings. The van der Waals surface area contributed by atoms with Gasteiger partial charge in [-0.15, -0.1) is 0 Å². The number of rotatable bonds is 7. The second-order valence-corrected chi connectivity index (χ2v) is 11.0. The molecule has 1 atom stereocenters. The Morgan fingerprint density at radius 3 is 2.37 bits per heavy atom. The van der Waals surface area contributed by atoms with Crippen LogP contribution in [0.2, 0.25) is 0 Å². The summed E-state index contributed by atoms with van der Waals surface area (Å²) in [6.07, 6.45) is 1.69. The van der Waals surface area contributed by atoms with E-state index in [1.807, 2.05) is 48.5 Å². The van der Waals surface area contributed by atoms with Gasteiger partial charge in [0.25, 0.3) is 11.5 Å². The molecule has 0 saturated heterocycles. The van der Waals surface area contributed by atoms with Crippen molar-refractivity contribution in [2.75, 3.05) is 12.4 Å². The van der Waals surface area contributed by atoms with Crippen molar-refractivity contribution in [2.24, 2.45) is 4.99 Å². The van der Waals surface area contributed by atoms with Gasteiger partial charge in [-0.25, -0.2) is 4.99 Å². The molecule has 8 nitrogen and oxygen atoms in total. The number of benzene rings is 3. The summed E-state index contributed by atoms with van der Waals surface area (Å²) in [5.74, 6) is 1.42. The van der Waals surface area contributed by atoms with Gasteiger partial charge in [0.1, 0.15) is 17.3 Å². The Kier molecular flexibility index (Phi) is 7.48. The number of fused-ring (bicyclic) bond motifs is 1. The summed E-state index contributed by atoms with van der Waals surface area (Å²) in [5.41, 5.74) is 3.44. The van der Waals surface area contributed by atoms with Gasteiger partial charge in [-0.1, -0.05) is 65.9 Å². The zero-order valence-corrected chi connectivity index (χ0v) is 24.5. The van der Waals surface area contributed by atoms with Crippen LogP contribution in [0.25, 0.3) is 17.4 Å². The standard InChI is InChI=1S/C34H27N3O5S/c1-20-30(32(39)36-25-7-5-4-6-8-25)31(24-13-15-26(41-3)16-14-24)37-33(40)29(43-34(37)35-20)19-27-17-18-28(42-27)23-11-9-22(10-12-23)21(2)38/h4-19,31H,1-3H3,(H,36,39)/b29-19+/t31-/m0/s1.